The monoisotopic (exact) mass is 287 g/mol. The first-order valence-electron chi connectivity index (χ1n) is 5.78. The number of anilines is 1. The first kappa shape index (κ1) is 13.6. The molecule has 0 saturated carbocycles. The molecule has 1 atom stereocenters. The summed E-state index contributed by atoms with van der Waals surface area (Å²) < 4.78 is 0. The largest absolute Gasteiger partial charge is 0.326 e. The fraction of sp³-hybridized carbons (Fsp3) is 0.417. The second-order valence-electron chi connectivity index (χ2n) is 4.43. The maximum absolute atomic E-state index is 11.9. The lowest BCUT2D eigenvalue weighted by Crippen LogP contribution is -2.33. The average Bonchev–Trinajstić information content (AvgIpc) is 2.69. The van der Waals surface area contributed by atoms with Gasteiger partial charge in [-0.3, -0.25) is 9.69 Å². The number of likely N-dealkylation sites (tertiary alicyclic amines) is 1. The number of hydrogen-bond acceptors (Lipinski definition) is 3. The lowest BCUT2D eigenvalue weighted by Gasteiger charge is -2.15. The molecule has 1 aromatic carbocycles. The van der Waals surface area contributed by atoms with Gasteiger partial charge in [-0.05, 0) is 18.6 Å². The average molecular weight is 288 g/mol. The third-order valence-corrected chi connectivity index (χ3v) is 3.53. The lowest BCUT2D eigenvalue weighted by atomic mass is 10.3. The van der Waals surface area contributed by atoms with Crippen LogP contribution in [0.25, 0.3) is 0 Å². The zero-order valence-corrected chi connectivity index (χ0v) is 11.3. The lowest BCUT2D eigenvalue weighted by molar-refractivity contribution is -0.117. The van der Waals surface area contributed by atoms with Crippen LogP contribution in [0.2, 0.25) is 10.0 Å². The Morgan fingerprint density at radius 1 is 1.44 bits per heavy atom. The second kappa shape index (κ2) is 5.89. The van der Waals surface area contributed by atoms with Crippen LogP contribution < -0.4 is 11.1 Å². The first-order chi connectivity index (χ1) is 8.56. The van der Waals surface area contributed by atoms with Gasteiger partial charge in [-0.2, -0.15) is 0 Å². The Morgan fingerprint density at radius 2 is 2.11 bits per heavy atom. The molecule has 0 bridgehead atoms. The van der Waals surface area contributed by atoms with Gasteiger partial charge in [-0.1, -0.05) is 29.3 Å². The number of benzene rings is 1. The number of hydrogen-bond donors (Lipinski definition) is 2. The van der Waals surface area contributed by atoms with E-state index in [4.69, 9.17) is 28.9 Å². The molecule has 4 nitrogen and oxygen atoms in total. The zero-order chi connectivity index (χ0) is 13.1. The summed E-state index contributed by atoms with van der Waals surface area (Å²) in [6.45, 7) is 1.92. The van der Waals surface area contributed by atoms with Gasteiger partial charge >= 0.3 is 0 Å². The van der Waals surface area contributed by atoms with Gasteiger partial charge in [0.05, 0.1) is 22.3 Å². The van der Waals surface area contributed by atoms with Gasteiger partial charge in [0.15, 0.2) is 0 Å². The molecule has 3 N–H and O–H groups in total. The van der Waals surface area contributed by atoms with Crippen molar-refractivity contribution in [2.75, 3.05) is 25.0 Å². The van der Waals surface area contributed by atoms with Crippen LogP contribution in [0.1, 0.15) is 6.42 Å². The molecule has 0 aliphatic carbocycles. The Kier molecular flexibility index (Phi) is 4.45. The highest BCUT2D eigenvalue weighted by atomic mass is 35.5. The molecule has 0 aromatic heterocycles. The number of nitrogens with one attached hydrogen (secondary N) is 1. The summed E-state index contributed by atoms with van der Waals surface area (Å²) in [6.07, 6.45) is 0.931. The maximum atomic E-state index is 11.9. The molecule has 18 heavy (non-hydrogen) atoms. The molecule has 1 heterocycles. The van der Waals surface area contributed by atoms with E-state index >= 15 is 0 Å². The van der Waals surface area contributed by atoms with Crippen molar-refractivity contribution in [1.82, 2.24) is 4.90 Å². The van der Waals surface area contributed by atoms with Crippen molar-refractivity contribution in [2.45, 2.75) is 12.5 Å². The topological polar surface area (TPSA) is 58.4 Å². The fourth-order valence-corrected chi connectivity index (χ4v) is 2.50. The van der Waals surface area contributed by atoms with E-state index in [2.05, 4.69) is 5.32 Å². The van der Waals surface area contributed by atoms with Gasteiger partial charge in [-0.15, -0.1) is 0 Å². The SMILES string of the molecule is N[C@@H]1CCN(CC(=O)Nc2c(Cl)cccc2Cl)C1. The molecule has 1 saturated heterocycles. The number of rotatable bonds is 3. The molecule has 0 radical (unpaired) electrons. The quantitative estimate of drug-likeness (QED) is 0.894. The van der Waals surface area contributed by atoms with Crippen molar-refractivity contribution < 1.29 is 4.79 Å². The van der Waals surface area contributed by atoms with Crippen LogP contribution in [0.3, 0.4) is 0 Å². The Morgan fingerprint density at radius 3 is 2.67 bits per heavy atom. The van der Waals surface area contributed by atoms with E-state index in [-0.39, 0.29) is 11.9 Å². The Labute approximate surface area is 116 Å². The number of carbonyl (C=O) groups is 1. The van der Waals surface area contributed by atoms with Gasteiger partial charge in [-0.25, -0.2) is 0 Å². The van der Waals surface area contributed by atoms with Crippen LogP contribution >= 0.6 is 23.2 Å². The van der Waals surface area contributed by atoms with E-state index in [0.29, 0.717) is 22.3 Å². The van der Waals surface area contributed by atoms with Gasteiger partial charge in [0.25, 0.3) is 0 Å². The van der Waals surface area contributed by atoms with Crippen molar-refractivity contribution in [2.24, 2.45) is 5.73 Å². The number of carbonyl (C=O) groups excluding carboxylic acids is 1. The zero-order valence-electron chi connectivity index (χ0n) is 9.83. The third-order valence-electron chi connectivity index (χ3n) is 2.90. The van der Waals surface area contributed by atoms with E-state index in [1.807, 2.05) is 4.90 Å². The van der Waals surface area contributed by atoms with E-state index in [9.17, 15) is 4.79 Å². The minimum Gasteiger partial charge on any atom is -0.326 e. The van der Waals surface area contributed by atoms with E-state index in [1.165, 1.54) is 0 Å². The maximum Gasteiger partial charge on any atom is 0.238 e. The molecule has 0 spiro atoms. The summed E-state index contributed by atoms with van der Waals surface area (Å²) in [5.74, 6) is -0.126. The minimum atomic E-state index is -0.126. The molecular weight excluding hydrogens is 273 g/mol. The van der Waals surface area contributed by atoms with E-state index < -0.39 is 0 Å². The molecule has 1 aliphatic rings. The highest BCUT2D eigenvalue weighted by Gasteiger charge is 2.21. The number of nitrogens with zero attached hydrogens (tertiary/aromatic N) is 1. The van der Waals surface area contributed by atoms with Crippen molar-refractivity contribution in [3.05, 3.63) is 28.2 Å². The molecular formula is C12H15Cl2N3O. The molecule has 2 rings (SSSR count). The normalized spacial score (nSPS) is 20.1. The molecule has 6 heteroatoms. The third kappa shape index (κ3) is 3.36. The Bertz CT molecular complexity index is 433. The van der Waals surface area contributed by atoms with Gasteiger partial charge in [0.1, 0.15) is 0 Å². The van der Waals surface area contributed by atoms with Gasteiger partial charge in [0.2, 0.25) is 5.91 Å². The molecule has 1 amide bonds. The van der Waals surface area contributed by atoms with Gasteiger partial charge < -0.3 is 11.1 Å². The summed E-state index contributed by atoms with van der Waals surface area (Å²) >= 11 is 12.0. The Balaban J connectivity index is 1.95. The van der Waals surface area contributed by atoms with Crippen LogP contribution in [-0.2, 0) is 4.79 Å². The molecule has 0 unspecified atom stereocenters. The predicted octanol–water partition coefficient (Wildman–Crippen LogP) is 1.96. The molecule has 1 aromatic rings. The Hall–Kier alpha value is -0.810. The predicted molar refractivity (Wildman–Crippen MR) is 74.1 cm³/mol. The number of amides is 1. The van der Waals surface area contributed by atoms with Crippen molar-refractivity contribution >= 4 is 34.8 Å². The number of para-hydroxylation sites is 1. The van der Waals surface area contributed by atoms with Crippen LogP contribution in [0.4, 0.5) is 5.69 Å². The summed E-state index contributed by atoms with van der Waals surface area (Å²) in [5.41, 5.74) is 6.25. The number of halogens is 2. The highest BCUT2D eigenvalue weighted by molar-refractivity contribution is 6.39. The minimum absolute atomic E-state index is 0.126. The van der Waals surface area contributed by atoms with Crippen LogP contribution in [0, 0.1) is 0 Å². The van der Waals surface area contributed by atoms with Crippen molar-refractivity contribution in [3.8, 4) is 0 Å². The van der Waals surface area contributed by atoms with E-state index in [0.717, 1.165) is 19.5 Å². The second-order valence-corrected chi connectivity index (χ2v) is 5.24. The van der Waals surface area contributed by atoms with Gasteiger partial charge in [0, 0.05) is 19.1 Å². The first-order valence-corrected chi connectivity index (χ1v) is 6.53. The van der Waals surface area contributed by atoms with Crippen LogP contribution in [-0.4, -0.2) is 36.5 Å². The van der Waals surface area contributed by atoms with Crippen LogP contribution in [0.5, 0.6) is 0 Å². The van der Waals surface area contributed by atoms with Crippen molar-refractivity contribution in [3.63, 3.8) is 0 Å². The molecule has 1 fully saturated rings. The summed E-state index contributed by atoms with van der Waals surface area (Å²) in [7, 11) is 0. The molecule has 1 aliphatic heterocycles. The smallest absolute Gasteiger partial charge is 0.238 e. The standard InChI is InChI=1S/C12H15Cl2N3O/c13-9-2-1-3-10(14)12(9)16-11(18)7-17-5-4-8(15)6-17/h1-3,8H,4-7,15H2,(H,16,18)/t8-/m1/s1. The van der Waals surface area contributed by atoms with Crippen LogP contribution in [0.15, 0.2) is 18.2 Å². The molecule has 98 valence electrons. The van der Waals surface area contributed by atoms with Crippen molar-refractivity contribution in [1.29, 1.82) is 0 Å². The summed E-state index contributed by atoms with van der Waals surface area (Å²) in [5, 5.41) is 3.61. The van der Waals surface area contributed by atoms with E-state index in [1.54, 1.807) is 18.2 Å². The number of nitrogens with two attached hydrogens (primary N) is 1. The fourth-order valence-electron chi connectivity index (χ4n) is 2.01. The highest BCUT2D eigenvalue weighted by Crippen LogP contribution is 2.29. The summed E-state index contributed by atoms with van der Waals surface area (Å²) in [4.78, 5) is 13.9. The summed E-state index contributed by atoms with van der Waals surface area (Å²) in [6, 6.07) is 5.28.